The number of hydrogen-bond acceptors (Lipinski definition) is 6. The van der Waals surface area contributed by atoms with Crippen LogP contribution in [0.2, 0.25) is 0 Å². The predicted octanol–water partition coefficient (Wildman–Crippen LogP) is 1.19. The third-order valence-electron chi connectivity index (χ3n) is 5.07. The van der Waals surface area contributed by atoms with Crippen LogP contribution in [-0.4, -0.2) is 71.2 Å². The molecule has 2 saturated heterocycles. The first-order valence-corrected chi connectivity index (χ1v) is 10.5. The highest BCUT2D eigenvalue weighted by molar-refractivity contribution is 7.86. The summed E-state index contributed by atoms with van der Waals surface area (Å²) in [6.07, 6.45) is 4.23. The molecule has 0 saturated carbocycles. The van der Waals surface area contributed by atoms with Gasteiger partial charge in [0.05, 0.1) is 5.52 Å². The minimum atomic E-state index is -3.35. The zero-order valence-electron chi connectivity index (χ0n) is 15.0. The highest BCUT2D eigenvalue weighted by Crippen LogP contribution is 2.24. The second-order valence-corrected chi connectivity index (χ2v) is 8.80. The van der Waals surface area contributed by atoms with Crippen LogP contribution in [0.15, 0.2) is 18.5 Å². The maximum Gasteiger partial charge on any atom is 0.282 e. The molecule has 2 aliphatic heterocycles. The molecule has 26 heavy (non-hydrogen) atoms. The molecule has 2 aromatic rings. The van der Waals surface area contributed by atoms with Crippen LogP contribution < -0.4 is 4.90 Å². The van der Waals surface area contributed by atoms with Crippen LogP contribution in [0.25, 0.3) is 11.0 Å². The van der Waals surface area contributed by atoms with Gasteiger partial charge in [0.2, 0.25) is 0 Å². The van der Waals surface area contributed by atoms with Gasteiger partial charge in [-0.15, -0.1) is 0 Å². The average molecular weight is 376 g/mol. The van der Waals surface area contributed by atoms with Gasteiger partial charge in [-0.25, -0.2) is 15.0 Å². The molecule has 0 radical (unpaired) electrons. The Morgan fingerprint density at radius 2 is 1.62 bits per heavy atom. The molecule has 4 heterocycles. The van der Waals surface area contributed by atoms with Gasteiger partial charge in [0.15, 0.2) is 5.82 Å². The van der Waals surface area contributed by atoms with Gasteiger partial charge in [0, 0.05) is 45.0 Å². The van der Waals surface area contributed by atoms with Crippen LogP contribution in [0.1, 0.15) is 25.0 Å². The standard InChI is InChI=1S/C17H24N6O2S/c1-14-5-6-15-16(20-14)17(19-13-18-15)21-7-4-10-23(12-11-21)26(24,25)22-8-2-3-9-22/h5-6,13H,2-4,7-12H2,1H3. The third-order valence-corrected chi connectivity index (χ3v) is 7.11. The molecule has 9 heteroatoms. The summed E-state index contributed by atoms with van der Waals surface area (Å²) in [6, 6.07) is 3.89. The van der Waals surface area contributed by atoms with Crippen LogP contribution in [0.4, 0.5) is 5.82 Å². The largest absolute Gasteiger partial charge is 0.353 e. The lowest BCUT2D eigenvalue weighted by molar-refractivity contribution is 0.373. The van der Waals surface area contributed by atoms with Crippen LogP contribution in [0.3, 0.4) is 0 Å². The molecule has 0 spiro atoms. The summed E-state index contributed by atoms with van der Waals surface area (Å²) >= 11 is 0. The fraction of sp³-hybridized carbons (Fsp3) is 0.588. The molecule has 0 atom stereocenters. The van der Waals surface area contributed by atoms with E-state index in [1.165, 1.54) is 0 Å². The SMILES string of the molecule is Cc1ccc2ncnc(N3CCCN(S(=O)(=O)N4CCCC4)CC3)c2n1. The molecule has 0 unspecified atom stereocenters. The smallest absolute Gasteiger partial charge is 0.282 e. The Labute approximate surface area is 154 Å². The zero-order chi connectivity index (χ0) is 18.1. The van der Waals surface area contributed by atoms with Gasteiger partial charge >= 0.3 is 0 Å². The lowest BCUT2D eigenvalue weighted by atomic mass is 10.3. The van der Waals surface area contributed by atoms with E-state index in [9.17, 15) is 8.42 Å². The zero-order valence-corrected chi connectivity index (χ0v) is 15.8. The van der Waals surface area contributed by atoms with Gasteiger partial charge in [0.1, 0.15) is 11.8 Å². The van der Waals surface area contributed by atoms with E-state index in [1.54, 1.807) is 14.9 Å². The molecule has 0 aromatic carbocycles. The molecule has 8 nitrogen and oxygen atoms in total. The van der Waals surface area contributed by atoms with Crippen molar-refractivity contribution >= 4 is 27.1 Å². The number of aromatic nitrogens is 3. The molecule has 2 fully saturated rings. The monoisotopic (exact) mass is 376 g/mol. The number of nitrogens with zero attached hydrogens (tertiary/aromatic N) is 6. The van der Waals surface area contributed by atoms with Crippen molar-refractivity contribution in [3.05, 3.63) is 24.2 Å². The fourth-order valence-electron chi connectivity index (χ4n) is 3.67. The van der Waals surface area contributed by atoms with E-state index in [0.29, 0.717) is 32.7 Å². The van der Waals surface area contributed by atoms with Crippen LogP contribution in [0, 0.1) is 6.92 Å². The van der Waals surface area contributed by atoms with Gasteiger partial charge < -0.3 is 4.90 Å². The van der Waals surface area contributed by atoms with Crippen LogP contribution in [-0.2, 0) is 10.2 Å². The van der Waals surface area contributed by atoms with Gasteiger partial charge in [-0.3, -0.25) is 0 Å². The summed E-state index contributed by atoms with van der Waals surface area (Å²) in [7, 11) is -3.35. The topological polar surface area (TPSA) is 82.5 Å². The Balaban J connectivity index is 1.57. The molecule has 2 aliphatic rings. The molecular formula is C17H24N6O2S. The fourth-order valence-corrected chi connectivity index (χ4v) is 5.39. The van der Waals surface area contributed by atoms with Crippen molar-refractivity contribution in [3.63, 3.8) is 0 Å². The van der Waals surface area contributed by atoms with E-state index in [0.717, 1.165) is 48.4 Å². The van der Waals surface area contributed by atoms with Crippen molar-refractivity contribution in [2.45, 2.75) is 26.2 Å². The van der Waals surface area contributed by atoms with E-state index in [4.69, 9.17) is 0 Å². The summed E-state index contributed by atoms with van der Waals surface area (Å²) in [4.78, 5) is 15.5. The maximum absolute atomic E-state index is 12.8. The number of hydrogen-bond donors (Lipinski definition) is 0. The molecule has 140 valence electrons. The Morgan fingerprint density at radius 3 is 2.42 bits per heavy atom. The van der Waals surface area contributed by atoms with E-state index in [1.807, 2.05) is 19.1 Å². The summed E-state index contributed by atoms with van der Waals surface area (Å²) in [5, 5.41) is 0. The molecular weight excluding hydrogens is 352 g/mol. The highest BCUT2D eigenvalue weighted by Gasteiger charge is 2.33. The van der Waals surface area contributed by atoms with Gasteiger partial charge in [0.25, 0.3) is 10.2 Å². The van der Waals surface area contributed by atoms with Crippen LogP contribution in [0.5, 0.6) is 0 Å². The normalized spacial score (nSPS) is 20.6. The number of rotatable bonds is 3. The first-order chi connectivity index (χ1) is 12.6. The van der Waals surface area contributed by atoms with Gasteiger partial charge in [-0.05, 0) is 38.3 Å². The van der Waals surface area contributed by atoms with Gasteiger partial charge in [-0.2, -0.15) is 17.0 Å². The van der Waals surface area contributed by atoms with Crippen molar-refractivity contribution in [3.8, 4) is 0 Å². The van der Waals surface area contributed by atoms with Crippen molar-refractivity contribution in [2.24, 2.45) is 0 Å². The molecule has 0 amide bonds. The molecule has 4 rings (SSSR count). The number of pyridine rings is 1. The Morgan fingerprint density at radius 1 is 0.885 bits per heavy atom. The lowest BCUT2D eigenvalue weighted by Gasteiger charge is -2.26. The first-order valence-electron chi connectivity index (χ1n) is 9.14. The Kier molecular flexibility index (Phi) is 4.76. The summed E-state index contributed by atoms with van der Waals surface area (Å²) in [5.41, 5.74) is 2.51. The van der Waals surface area contributed by atoms with Crippen molar-refractivity contribution in [1.82, 2.24) is 23.6 Å². The third kappa shape index (κ3) is 3.26. The number of anilines is 1. The van der Waals surface area contributed by atoms with E-state index >= 15 is 0 Å². The lowest BCUT2D eigenvalue weighted by Crippen LogP contribution is -2.44. The molecule has 0 aliphatic carbocycles. The van der Waals surface area contributed by atoms with E-state index in [-0.39, 0.29) is 0 Å². The maximum atomic E-state index is 12.8. The minimum Gasteiger partial charge on any atom is -0.353 e. The quantitative estimate of drug-likeness (QED) is 0.800. The van der Waals surface area contributed by atoms with E-state index < -0.39 is 10.2 Å². The van der Waals surface area contributed by atoms with Crippen molar-refractivity contribution in [1.29, 1.82) is 0 Å². The minimum absolute atomic E-state index is 0.468. The first kappa shape index (κ1) is 17.6. The highest BCUT2D eigenvalue weighted by atomic mass is 32.2. The molecule has 0 N–H and O–H groups in total. The number of fused-ring (bicyclic) bond motifs is 1. The van der Waals surface area contributed by atoms with Crippen molar-refractivity contribution < 1.29 is 8.42 Å². The van der Waals surface area contributed by atoms with Crippen LogP contribution >= 0.6 is 0 Å². The molecule has 2 aromatic heterocycles. The number of aryl methyl sites for hydroxylation is 1. The predicted molar refractivity (Wildman–Crippen MR) is 100 cm³/mol. The Bertz CT molecular complexity index is 897. The second-order valence-electron chi connectivity index (χ2n) is 6.87. The summed E-state index contributed by atoms with van der Waals surface area (Å²) in [6.45, 7) is 5.61. The molecule has 0 bridgehead atoms. The van der Waals surface area contributed by atoms with Gasteiger partial charge in [-0.1, -0.05) is 0 Å². The second kappa shape index (κ2) is 7.05. The summed E-state index contributed by atoms with van der Waals surface area (Å²) < 4.78 is 28.9. The Hall–Kier alpha value is -1.84. The van der Waals surface area contributed by atoms with E-state index in [2.05, 4.69) is 19.9 Å². The average Bonchev–Trinajstić information content (AvgIpc) is 3.07. The summed E-state index contributed by atoms with van der Waals surface area (Å²) in [5.74, 6) is 0.791. The van der Waals surface area contributed by atoms with Crippen molar-refractivity contribution in [2.75, 3.05) is 44.2 Å².